The van der Waals surface area contributed by atoms with Gasteiger partial charge in [-0.2, -0.15) is 0 Å². The number of sulfonamides is 1. The number of aromatic nitrogens is 3. The summed E-state index contributed by atoms with van der Waals surface area (Å²) in [5.74, 6) is -0.886. The van der Waals surface area contributed by atoms with Crippen molar-refractivity contribution in [3.8, 4) is 0 Å². The van der Waals surface area contributed by atoms with Gasteiger partial charge in [0.15, 0.2) is 0 Å². The van der Waals surface area contributed by atoms with Gasteiger partial charge >= 0.3 is 0 Å². The number of carbonyl (C=O) groups excluding carboxylic acids is 1. The number of rotatable bonds is 3. The summed E-state index contributed by atoms with van der Waals surface area (Å²) in [6, 6.07) is 7.86. The van der Waals surface area contributed by atoms with Crippen molar-refractivity contribution in [3.05, 3.63) is 41.7 Å². The topological polar surface area (TPSA) is 93.9 Å². The van der Waals surface area contributed by atoms with Gasteiger partial charge < -0.3 is 0 Å². The third-order valence-electron chi connectivity index (χ3n) is 3.85. The number of hydrogen-bond acceptors (Lipinski definition) is 5. The molecule has 1 unspecified atom stereocenters. The molecule has 1 aliphatic rings. The summed E-state index contributed by atoms with van der Waals surface area (Å²) < 4.78 is 28.2. The lowest BCUT2D eigenvalue weighted by Crippen LogP contribution is -2.38. The fourth-order valence-electron chi connectivity index (χ4n) is 2.63. The van der Waals surface area contributed by atoms with Crippen LogP contribution in [0.5, 0.6) is 0 Å². The number of benzene rings is 1. The first-order chi connectivity index (χ1) is 10.5. The van der Waals surface area contributed by atoms with Crippen LogP contribution < -0.4 is 4.72 Å². The van der Waals surface area contributed by atoms with E-state index in [1.54, 1.807) is 22.9 Å². The molecule has 3 rings (SSSR count). The van der Waals surface area contributed by atoms with E-state index in [4.69, 9.17) is 0 Å². The van der Waals surface area contributed by atoms with Gasteiger partial charge in [-0.3, -0.25) is 9.48 Å². The summed E-state index contributed by atoms with van der Waals surface area (Å²) >= 11 is 0. The second-order valence-electron chi connectivity index (χ2n) is 5.33. The van der Waals surface area contributed by atoms with Gasteiger partial charge in [-0.15, -0.1) is 5.10 Å². The zero-order chi connectivity index (χ0) is 15.7. The van der Waals surface area contributed by atoms with Gasteiger partial charge in [0.05, 0.1) is 16.3 Å². The Morgan fingerprint density at radius 1 is 1.32 bits per heavy atom. The van der Waals surface area contributed by atoms with E-state index in [2.05, 4.69) is 15.0 Å². The van der Waals surface area contributed by atoms with Crippen molar-refractivity contribution >= 4 is 15.9 Å². The minimum absolute atomic E-state index is 0.0827. The number of carbonyl (C=O) groups is 1. The molecule has 1 N–H and O–H groups in total. The van der Waals surface area contributed by atoms with E-state index in [1.165, 1.54) is 12.1 Å². The Kier molecular flexibility index (Phi) is 3.69. The maximum atomic E-state index is 12.3. The molecule has 0 bridgehead atoms. The van der Waals surface area contributed by atoms with E-state index in [-0.39, 0.29) is 4.90 Å². The minimum Gasteiger partial charge on any atom is -0.274 e. The van der Waals surface area contributed by atoms with E-state index < -0.39 is 21.8 Å². The monoisotopic (exact) mass is 320 g/mol. The number of aryl methyl sites for hydroxylation is 1. The largest absolute Gasteiger partial charge is 0.274 e. The third-order valence-corrected chi connectivity index (χ3v) is 5.21. The summed E-state index contributed by atoms with van der Waals surface area (Å²) in [5.41, 5.74) is 1.78. The van der Waals surface area contributed by atoms with Gasteiger partial charge in [0, 0.05) is 19.4 Å². The van der Waals surface area contributed by atoms with Crippen LogP contribution >= 0.6 is 0 Å². The van der Waals surface area contributed by atoms with Crippen LogP contribution in [0.4, 0.5) is 0 Å². The fourth-order valence-corrected chi connectivity index (χ4v) is 3.69. The highest BCUT2D eigenvalue weighted by Gasteiger charge is 2.30. The molecule has 22 heavy (non-hydrogen) atoms. The summed E-state index contributed by atoms with van der Waals surface area (Å²) in [6.07, 6.45) is 1.67. The molecule has 0 aliphatic heterocycles. The predicted octanol–water partition coefficient (Wildman–Crippen LogP) is 0.425. The highest BCUT2D eigenvalue weighted by molar-refractivity contribution is 7.90. The molecule has 8 heteroatoms. The van der Waals surface area contributed by atoms with Crippen molar-refractivity contribution in [1.82, 2.24) is 19.7 Å². The Morgan fingerprint density at radius 3 is 2.77 bits per heavy atom. The number of hydrogen-bond donors (Lipinski definition) is 1. The highest BCUT2D eigenvalue weighted by Crippen LogP contribution is 2.24. The maximum Gasteiger partial charge on any atom is 0.264 e. The molecule has 1 aromatic heterocycles. The molecule has 2 aromatic rings. The van der Waals surface area contributed by atoms with Gasteiger partial charge in [-0.1, -0.05) is 23.4 Å². The average Bonchev–Trinajstić information content (AvgIpc) is 2.88. The molecule has 1 atom stereocenters. The van der Waals surface area contributed by atoms with Crippen molar-refractivity contribution in [3.63, 3.8) is 0 Å². The van der Waals surface area contributed by atoms with E-state index in [9.17, 15) is 13.2 Å². The zero-order valence-corrected chi connectivity index (χ0v) is 12.9. The lowest BCUT2D eigenvalue weighted by molar-refractivity contribution is -0.123. The van der Waals surface area contributed by atoms with Crippen LogP contribution in [0.15, 0.2) is 35.2 Å². The van der Waals surface area contributed by atoms with Crippen molar-refractivity contribution < 1.29 is 13.2 Å². The highest BCUT2D eigenvalue weighted by atomic mass is 32.2. The molecule has 0 spiro atoms. The fraction of sp³-hybridized carbons (Fsp3) is 0.357. The standard InChI is InChI=1S/C14H16N4O3S/c1-18-13-8-7-10(9-12(13)15-17-18)14(19)16-22(20,21)11-5-3-2-4-6-11/h2-6,10H,7-9H2,1H3,(H,16,19). The lowest BCUT2D eigenvalue weighted by atomic mass is 9.89. The van der Waals surface area contributed by atoms with Gasteiger partial charge in [0.1, 0.15) is 0 Å². The molecule has 7 nitrogen and oxygen atoms in total. The number of amides is 1. The number of fused-ring (bicyclic) bond motifs is 1. The third kappa shape index (κ3) is 2.74. The Labute approximate surface area is 128 Å². The molecule has 0 fully saturated rings. The Balaban J connectivity index is 1.73. The molecule has 116 valence electrons. The molecule has 0 radical (unpaired) electrons. The molecule has 1 aliphatic carbocycles. The molecule has 1 aromatic carbocycles. The first kappa shape index (κ1) is 14.7. The van der Waals surface area contributed by atoms with Crippen LogP contribution in [-0.2, 0) is 34.7 Å². The first-order valence-corrected chi connectivity index (χ1v) is 8.45. The quantitative estimate of drug-likeness (QED) is 0.885. The predicted molar refractivity (Wildman–Crippen MR) is 78.3 cm³/mol. The van der Waals surface area contributed by atoms with Crippen LogP contribution in [-0.4, -0.2) is 29.3 Å². The Morgan fingerprint density at radius 2 is 2.05 bits per heavy atom. The molecular formula is C14H16N4O3S. The number of nitrogens with zero attached hydrogens (tertiary/aromatic N) is 3. The zero-order valence-electron chi connectivity index (χ0n) is 12.1. The van der Waals surface area contributed by atoms with Crippen LogP contribution in [0.3, 0.4) is 0 Å². The normalized spacial score (nSPS) is 17.8. The van der Waals surface area contributed by atoms with E-state index in [1.807, 2.05) is 7.05 Å². The Hall–Kier alpha value is -2.22. The van der Waals surface area contributed by atoms with Crippen molar-refractivity contribution in [1.29, 1.82) is 0 Å². The van der Waals surface area contributed by atoms with E-state index in [0.717, 1.165) is 11.4 Å². The molecule has 0 saturated carbocycles. The smallest absolute Gasteiger partial charge is 0.264 e. The second kappa shape index (κ2) is 5.53. The van der Waals surface area contributed by atoms with Crippen LogP contribution in [0.2, 0.25) is 0 Å². The van der Waals surface area contributed by atoms with Gasteiger partial charge in [0.25, 0.3) is 10.0 Å². The van der Waals surface area contributed by atoms with Gasteiger partial charge in [-0.25, -0.2) is 13.1 Å². The maximum absolute atomic E-state index is 12.3. The summed E-state index contributed by atoms with van der Waals surface area (Å²) in [6.45, 7) is 0. The average molecular weight is 320 g/mol. The SMILES string of the molecule is Cn1nnc2c1CCC(C(=O)NS(=O)(=O)c1ccccc1)C2. The Bertz CT molecular complexity index is 799. The first-order valence-electron chi connectivity index (χ1n) is 6.96. The van der Waals surface area contributed by atoms with Gasteiger partial charge in [0.2, 0.25) is 5.91 Å². The molecule has 1 amide bonds. The van der Waals surface area contributed by atoms with Crippen molar-refractivity contribution in [2.45, 2.75) is 24.2 Å². The van der Waals surface area contributed by atoms with Crippen LogP contribution in [0, 0.1) is 5.92 Å². The summed E-state index contributed by atoms with van der Waals surface area (Å²) in [5, 5.41) is 7.96. The number of nitrogens with one attached hydrogen (secondary N) is 1. The van der Waals surface area contributed by atoms with E-state index >= 15 is 0 Å². The molecule has 1 heterocycles. The lowest BCUT2D eigenvalue weighted by Gasteiger charge is -2.20. The van der Waals surface area contributed by atoms with Crippen LogP contribution in [0.25, 0.3) is 0 Å². The summed E-state index contributed by atoms with van der Waals surface area (Å²) in [4.78, 5) is 12.3. The van der Waals surface area contributed by atoms with Gasteiger partial charge in [-0.05, 0) is 25.0 Å². The molecular weight excluding hydrogens is 304 g/mol. The van der Waals surface area contributed by atoms with Crippen LogP contribution in [0.1, 0.15) is 17.8 Å². The van der Waals surface area contributed by atoms with Crippen molar-refractivity contribution in [2.75, 3.05) is 0 Å². The molecule has 0 saturated heterocycles. The van der Waals surface area contributed by atoms with E-state index in [0.29, 0.717) is 19.3 Å². The summed E-state index contributed by atoms with van der Waals surface area (Å²) in [7, 11) is -2.01. The minimum atomic E-state index is -3.82. The van der Waals surface area contributed by atoms with Crippen molar-refractivity contribution in [2.24, 2.45) is 13.0 Å². The second-order valence-corrected chi connectivity index (χ2v) is 7.01.